The number of aromatic nitrogens is 2. The second kappa shape index (κ2) is 36.7. The number of carboxylic acid groups (broad SMARTS) is 1. The van der Waals surface area contributed by atoms with E-state index in [2.05, 4.69) is 68.5 Å². The second-order valence-corrected chi connectivity index (χ2v) is 24.4. The predicted molar refractivity (Wildman–Crippen MR) is 326 cm³/mol. The fourth-order valence-corrected chi connectivity index (χ4v) is 12.0. The number of amides is 9. The fraction of sp³-hybridized carbons (Fsp3) is 0.561. The van der Waals surface area contributed by atoms with Crippen LogP contribution in [-0.2, 0) is 67.2 Å². The molecule has 0 spiro atoms. The van der Waals surface area contributed by atoms with Crippen LogP contribution in [0.2, 0.25) is 0 Å². The molecule has 30 heteroatoms. The maximum Gasteiger partial charge on any atom is 0.305 e. The Morgan fingerprint density at radius 2 is 1.40 bits per heavy atom. The van der Waals surface area contributed by atoms with Gasteiger partial charge >= 0.3 is 5.97 Å². The number of benzene rings is 2. The summed E-state index contributed by atoms with van der Waals surface area (Å²) >= 11 is 0. The van der Waals surface area contributed by atoms with Crippen LogP contribution in [0, 0.1) is 5.92 Å². The smallest absolute Gasteiger partial charge is 0.305 e. The predicted octanol–water partition coefficient (Wildman–Crippen LogP) is -2.77. The lowest BCUT2D eigenvalue weighted by Crippen LogP contribution is -2.61. The van der Waals surface area contributed by atoms with Gasteiger partial charge in [-0.05, 0) is 75.9 Å². The van der Waals surface area contributed by atoms with Crippen LogP contribution < -0.4 is 58.5 Å². The molecule has 0 radical (unpaired) electrons. The van der Waals surface area contributed by atoms with Crippen LogP contribution in [0.3, 0.4) is 0 Å². The minimum atomic E-state index is -1.70. The maximum absolute atomic E-state index is 15.0. The number of aromatic amines is 1. The first-order valence-corrected chi connectivity index (χ1v) is 31.5. The minimum Gasteiger partial charge on any atom is -0.508 e. The summed E-state index contributed by atoms with van der Waals surface area (Å²) in [6.45, 7) is 7.07. The van der Waals surface area contributed by atoms with Gasteiger partial charge in [-0.25, -0.2) is 4.98 Å². The summed E-state index contributed by atoms with van der Waals surface area (Å²) in [5.74, 6) is -7.83. The van der Waals surface area contributed by atoms with E-state index in [0.717, 1.165) is 0 Å². The molecule has 0 saturated carbocycles. The molecule has 0 aliphatic carbocycles. The number of carbonyl (C=O) groups is 10. The average Bonchev–Trinajstić information content (AvgIpc) is 4.44. The monoisotopic (exact) mass is 1250 g/mol. The number of phenols is 1. The minimum absolute atomic E-state index is 0.0421. The molecule has 15 N–H and O–H groups in total. The quantitative estimate of drug-likeness (QED) is 0.0258. The largest absolute Gasteiger partial charge is 0.508 e. The van der Waals surface area contributed by atoms with Crippen LogP contribution in [0.5, 0.6) is 5.75 Å². The van der Waals surface area contributed by atoms with Crippen molar-refractivity contribution in [2.45, 2.75) is 120 Å². The summed E-state index contributed by atoms with van der Waals surface area (Å²) in [5.41, 5.74) is 1.61. The van der Waals surface area contributed by atoms with Gasteiger partial charge in [0.1, 0.15) is 42.2 Å². The number of carbonyl (C=O) groups excluding carboxylic acids is 9. The first-order chi connectivity index (χ1) is 41.6. The SMILES string of the molecule is CNCCN(CCNC)CC(=O)NCC(=O)NCC(=O)N[C@@H](Cc1ccccc1)[C@H](O)N[C@@H](Cc1cnc[nH]1)C(=O)N[C@H]1CSSC[C@@H](C)NC(=O)[C@H](CC(C)C)NC(=O)[C@H](CC(=O)O)NC(=O)[C@H](Cc2ccc(O)cc2)NC(=O)[C@@H]2CCCN2C1=O. The Hall–Kier alpha value is -7.35. The van der Waals surface area contributed by atoms with Gasteiger partial charge < -0.3 is 78.4 Å². The van der Waals surface area contributed by atoms with Gasteiger partial charge in [-0.3, -0.25) is 58.2 Å². The van der Waals surface area contributed by atoms with Crippen LogP contribution in [0.15, 0.2) is 67.1 Å². The van der Waals surface area contributed by atoms with Crippen molar-refractivity contribution in [1.82, 2.24) is 78.3 Å². The number of hydrogen-bond donors (Lipinski definition) is 15. The van der Waals surface area contributed by atoms with Gasteiger partial charge in [-0.15, -0.1) is 0 Å². The van der Waals surface area contributed by atoms with Gasteiger partial charge in [-0.2, -0.15) is 0 Å². The Bertz CT molecular complexity index is 2730. The molecule has 5 rings (SSSR count). The van der Waals surface area contributed by atoms with E-state index in [0.29, 0.717) is 49.4 Å². The molecule has 9 amide bonds. The summed E-state index contributed by atoms with van der Waals surface area (Å²) in [4.78, 5) is 148. The lowest BCUT2D eigenvalue weighted by Gasteiger charge is -2.32. The van der Waals surface area contributed by atoms with Gasteiger partial charge in [0, 0.05) is 75.0 Å². The molecule has 2 fully saturated rings. The summed E-state index contributed by atoms with van der Waals surface area (Å²) in [5, 5.41) is 62.4. The first-order valence-electron chi connectivity index (χ1n) is 29.0. The van der Waals surface area contributed by atoms with Gasteiger partial charge in [0.15, 0.2) is 0 Å². The highest BCUT2D eigenvalue weighted by Gasteiger charge is 2.41. The highest BCUT2D eigenvalue weighted by atomic mass is 33.1. The maximum atomic E-state index is 15.0. The van der Waals surface area contributed by atoms with Crippen molar-refractivity contribution < 1.29 is 63.3 Å². The molecule has 0 bridgehead atoms. The number of aliphatic hydroxyl groups is 1. The number of nitrogens with zero attached hydrogens (tertiary/aromatic N) is 3. The summed E-state index contributed by atoms with van der Waals surface area (Å²) < 4.78 is 0. The number of hydrogen-bond acceptors (Lipinski definition) is 19. The standard InChI is InChI=1S/C57H85N15O13S2/c1-34(2)22-40-51(79)64-35(3)31-86-87-32-45(57(85)72-19-9-12-46(72)56(84)69-42(24-37-13-15-39(73)16-14-37)53(81)68-44(26-50(77)78)55(83)66-40)70-54(82)43(25-38-27-60-33-63-38)67-52(80)41(23-36-10-7-6-8-11-36)65-48(75)29-61-47(74)28-62-49(76)30-71(20-17-58-4)21-18-59-5/h6-8,10-11,13-16,27,33-35,40-46,52,58-59,67,73,80H,9,12,17-26,28-32H2,1-5H3,(H,60,63)(H,61,74)(H,62,76)(H,64,79)(H,65,75)(H,66,83)(H,68,81)(H,69,84)(H,70,82)(H,77,78)/t35-,40+,41+,42+,43+,44+,45+,46+,52+/m1/s1. The highest BCUT2D eigenvalue weighted by molar-refractivity contribution is 8.76. The molecular weight excluding hydrogens is 1170 g/mol. The molecular formula is C57H85N15O13S2. The molecule has 2 aliphatic rings. The molecule has 9 atom stereocenters. The number of carboxylic acids is 1. The van der Waals surface area contributed by atoms with Gasteiger partial charge in [0.2, 0.25) is 53.2 Å². The van der Waals surface area contributed by atoms with Crippen LogP contribution in [0.25, 0.3) is 0 Å². The van der Waals surface area contributed by atoms with Crippen molar-refractivity contribution in [2.75, 3.05) is 78.0 Å². The van der Waals surface area contributed by atoms with E-state index in [1.165, 1.54) is 63.3 Å². The average molecular weight is 1250 g/mol. The first kappa shape index (κ1) is 70.4. The van der Waals surface area contributed by atoms with Crippen molar-refractivity contribution in [3.63, 3.8) is 0 Å². The number of fused-ring (bicyclic) bond motifs is 1. The van der Waals surface area contributed by atoms with Crippen molar-refractivity contribution >= 4 is 80.7 Å². The molecule has 2 aliphatic heterocycles. The number of likely N-dealkylation sites (N-methyl/N-ethyl adjacent to an activating group) is 2. The summed E-state index contributed by atoms with van der Waals surface area (Å²) in [6.07, 6.45) is 0.684. The Kier molecular flexibility index (Phi) is 29.7. The third kappa shape index (κ3) is 24.7. The van der Waals surface area contributed by atoms with E-state index in [1.54, 1.807) is 51.4 Å². The third-order valence-electron chi connectivity index (χ3n) is 14.1. The Balaban J connectivity index is 1.40. The molecule has 3 aromatic rings. The zero-order chi connectivity index (χ0) is 63.4. The van der Waals surface area contributed by atoms with Crippen molar-refractivity contribution in [2.24, 2.45) is 5.92 Å². The number of nitrogens with one attached hydrogen (secondary N) is 12. The topological polar surface area (TPSA) is 399 Å². The molecule has 28 nitrogen and oxygen atoms in total. The number of aliphatic carboxylic acids is 1. The Morgan fingerprint density at radius 1 is 0.770 bits per heavy atom. The Labute approximate surface area is 514 Å². The van der Waals surface area contributed by atoms with Crippen molar-refractivity contribution in [3.8, 4) is 5.75 Å². The Morgan fingerprint density at radius 3 is 2.06 bits per heavy atom. The molecule has 2 aromatic carbocycles. The lowest BCUT2D eigenvalue weighted by atomic mass is 10.0. The van der Waals surface area contributed by atoms with Crippen molar-refractivity contribution in [1.29, 1.82) is 0 Å². The summed E-state index contributed by atoms with van der Waals surface area (Å²) in [6, 6.07) is 4.84. The number of aliphatic hydroxyl groups excluding tert-OH is 1. The van der Waals surface area contributed by atoms with E-state index < -0.39 is 127 Å². The van der Waals surface area contributed by atoms with Crippen molar-refractivity contribution in [3.05, 3.63) is 83.9 Å². The number of rotatable bonds is 28. The van der Waals surface area contributed by atoms with E-state index in [-0.39, 0.29) is 74.3 Å². The number of phenolic OH excluding ortho intramolecular Hbond substituents is 1. The lowest BCUT2D eigenvalue weighted by molar-refractivity contribution is -0.142. The van der Waals surface area contributed by atoms with Gasteiger partial charge in [0.25, 0.3) is 0 Å². The molecule has 1 aromatic heterocycles. The highest BCUT2D eigenvalue weighted by Crippen LogP contribution is 2.26. The molecule has 0 unspecified atom stereocenters. The summed E-state index contributed by atoms with van der Waals surface area (Å²) in [7, 11) is 6.08. The fourth-order valence-electron chi connectivity index (χ4n) is 9.60. The number of H-pyrrole nitrogens is 1. The van der Waals surface area contributed by atoms with E-state index >= 15 is 4.79 Å². The van der Waals surface area contributed by atoms with Crippen LogP contribution in [0.1, 0.15) is 63.3 Å². The van der Waals surface area contributed by atoms with Crippen LogP contribution >= 0.6 is 21.6 Å². The zero-order valence-corrected chi connectivity index (χ0v) is 51.4. The molecule has 87 heavy (non-hydrogen) atoms. The molecule has 3 heterocycles. The van der Waals surface area contributed by atoms with Crippen LogP contribution in [-0.4, -0.2) is 227 Å². The van der Waals surface area contributed by atoms with E-state index in [1.807, 2.05) is 18.7 Å². The third-order valence-corrected chi connectivity index (χ3v) is 16.7. The number of imidazole rings is 1. The van der Waals surface area contributed by atoms with Gasteiger partial charge in [-0.1, -0.05) is 77.9 Å². The van der Waals surface area contributed by atoms with E-state index in [9.17, 15) is 58.5 Å². The number of aromatic hydroxyl groups is 1. The van der Waals surface area contributed by atoms with E-state index in [4.69, 9.17) is 0 Å². The second-order valence-electron chi connectivity index (χ2n) is 21.9. The van der Waals surface area contributed by atoms with Gasteiger partial charge in [0.05, 0.1) is 44.5 Å². The normalized spacial score (nSPS) is 21.1. The molecule has 478 valence electrons. The zero-order valence-electron chi connectivity index (χ0n) is 49.7. The molecule has 2 saturated heterocycles. The van der Waals surface area contributed by atoms with Crippen LogP contribution in [0.4, 0.5) is 0 Å².